The first-order chi connectivity index (χ1) is 8.49. The number of hydrogen-bond donors (Lipinski definition) is 2. The van der Waals surface area contributed by atoms with Crippen molar-refractivity contribution >= 4 is 16.9 Å². The minimum absolute atomic E-state index is 0.415. The van der Waals surface area contributed by atoms with Gasteiger partial charge in [0.25, 0.3) is 0 Å². The molecule has 1 aliphatic heterocycles. The average molecular weight is 245 g/mol. The third-order valence-electron chi connectivity index (χ3n) is 3.52. The van der Waals surface area contributed by atoms with Crippen LogP contribution < -0.4 is 0 Å². The fourth-order valence-corrected chi connectivity index (χ4v) is 2.71. The number of aliphatic carboxylic acids is 1. The van der Waals surface area contributed by atoms with Gasteiger partial charge in [-0.2, -0.15) is 0 Å². The van der Waals surface area contributed by atoms with Crippen molar-refractivity contribution in [1.29, 1.82) is 0 Å². The molecule has 2 N–H and O–H groups in total. The van der Waals surface area contributed by atoms with E-state index in [4.69, 9.17) is 4.74 Å². The number of para-hydroxylation sites is 1. The van der Waals surface area contributed by atoms with Crippen molar-refractivity contribution < 1.29 is 14.6 Å². The highest BCUT2D eigenvalue weighted by Crippen LogP contribution is 2.38. The molecule has 0 saturated heterocycles. The van der Waals surface area contributed by atoms with Gasteiger partial charge in [0.15, 0.2) is 6.10 Å². The molecule has 0 fully saturated rings. The standard InChI is InChI=1S/C14H15NO3/c1-14(2)12-9(7-11(18-14)13(16)17)8-5-3-4-6-10(8)15-12/h3-6,11,15H,7H2,1-2H3,(H,16,17). The number of carbonyl (C=O) groups is 1. The van der Waals surface area contributed by atoms with Gasteiger partial charge in [-0.05, 0) is 25.5 Å². The largest absolute Gasteiger partial charge is 0.479 e. The number of aromatic nitrogens is 1. The van der Waals surface area contributed by atoms with E-state index in [2.05, 4.69) is 4.98 Å². The zero-order chi connectivity index (χ0) is 12.9. The summed E-state index contributed by atoms with van der Waals surface area (Å²) in [5.74, 6) is -0.904. The quantitative estimate of drug-likeness (QED) is 0.811. The first-order valence-corrected chi connectivity index (χ1v) is 6.00. The third kappa shape index (κ3) is 1.53. The van der Waals surface area contributed by atoms with Crippen LogP contribution in [0.2, 0.25) is 0 Å². The van der Waals surface area contributed by atoms with E-state index in [1.807, 2.05) is 38.1 Å². The van der Waals surface area contributed by atoms with E-state index in [-0.39, 0.29) is 0 Å². The SMILES string of the molecule is CC1(C)OC(C(=O)O)Cc2c1[nH]c1ccccc21. The maximum atomic E-state index is 11.2. The summed E-state index contributed by atoms with van der Waals surface area (Å²) in [5.41, 5.74) is 2.48. The Hall–Kier alpha value is -1.81. The zero-order valence-electron chi connectivity index (χ0n) is 10.4. The summed E-state index contributed by atoms with van der Waals surface area (Å²) in [6, 6.07) is 7.95. The van der Waals surface area contributed by atoms with Crippen LogP contribution in [-0.2, 0) is 21.6 Å². The highest BCUT2D eigenvalue weighted by Gasteiger charge is 2.39. The first kappa shape index (κ1) is 11.3. The minimum atomic E-state index is -0.904. The summed E-state index contributed by atoms with van der Waals surface area (Å²) >= 11 is 0. The number of nitrogens with one attached hydrogen (secondary N) is 1. The van der Waals surface area contributed by atoms with Gasteiger partial charge in [0.2, 0.25) is 0 Å². The zero-order valence-corrected chi connectivity index (χ0v) is 10.4. The molecule has 0 aliphatic carbocycles. The van der Waals surface area contributed by atoms with Gasteiger partial charge >= 0.3 is 5.97 Å². The van der Waals surface area contributed by atoms with Crippen molar-refractivity contribution in [2.75, 3.05) is 0 Å². The Morgan fingerprint density at radius 3 is 2.89 bits per heavy atom. The molecule has 0 spiro atoms. The topological polar surface area (TPSA) is 62.3 Å². The molecule has 4 nitrogen and oxygen atoms in total. The van der Waals surface area contributed by atoms with Gasteiger partial charge < -0.3 is 14.8 Å². The van der Waals surface area contributed by atoms with Crippen molar-refractivity contribution in [3.63, 3.8) is 0 Å². The Morgan fingerprint density at radius 2 is 2.17 bits per heavy atom. The number of aromatic amines is 1. The molecule has 18 heavy (non-hydrogen) atoms. The van der Waals surface area contributed by atoms with E-state index in [1.54, 1.807) is 0 Å². The van der Waals surface area contributed by atoms with Crippen LogP contribution in [0.5, 0.6) is 0 Å². The number of rotatable bonds is 1. The molecule has 0 amide bonds. The summed E-state index contributed by atoms with van der Waals surface area (Å²) in [4.78, 5) is 14.5. The third-order valence-corrected chi connectivity index (χ3v) is 3.52. The van der Waals surface area contributed by atoms with Crippen molar-refractivity contribution in [1.82, 2.24) is 4.98 Å². The van der Waals surface area contributed by atoms with Crippen LogP contribution in [0.1, 0.15) is 25.1 Å². The molecule has 2 heterocycles. The normalized spacial score (nSPS) is 21.8. The maximum absolute atomic E-state index is 11.2. The van der Waals surface area contributed by atoms with Gasteiger partial charge in [-0.25, -0.2) is 4.79 Å². The lowest BCUT2D eigenvalue weighted by Crippen LogP contribution is -2.40. The number of carboxylic acid groups (broad SMARTS) is 1. The summed E-state index contributed by atoms with van der Waals surface area (Å²) in [6.45, 7) is 3.80. The highest BCUT2D eigenvalue weighted by molar-refractivity contribution is 5.86. The lowest BCUT2D eigenvalue weighted by Gasteiger charge is -2.34. The average Bonchev–Trinajstić information content (AvgIpc) is 2.68. The predicted octanol–water partition coefficient (Wildman–Crippen LogP) is 2.43. The lowest BCUT2D eigenvalue weighted by atomic mass is 9.91. The summed E-state index contributed by atoms with van der Waals surface area (Å²) in [5, 5.41) is 10.3. The van der Waals surface area contributed by atoms with E-state index < -0.39 is 17.7 Å². The first-order valence-electron chi connectivity index (χ1n) is 6.00. The number of benzene rings is 1. The molecule has 4 heteroatoms. The molecule has 0 radical (unpaired) electrons. The van der Waals surface area contributed by atoms with Crippen molar-refractivity contribution in [3.05, 3.63) is 35.5 Å². The molecule has 3 rings (SSSR count). The van der Waals surface area contributed by atoms with Gasteiger partial charge in [0.1, 0.15) is 5.60 Å². The Bertz CT molecular complexity index is 627. The van der Waals surface area contributed by atoms with Crippen LogP contribution in [-0.4, -0.2) is 22.2 Å². The van der Waals surface area contributed by atoms with E-state index in [0.717, 1.165) is 22.2 Å². The summed E-state index contributed by atoms with van der Waals surface area (Å²) in [6.07, 6.45) is -0.357. The molecule has 1 aromatic heterocycles. The Balaban J connectivity index is 2.22. The minimum Gasteiger partial charge on any atom is -0.479 e. The van der Waals surface area contributed by atoms with E-state index in [0.29, 0.717) is 6.42 Å². The maximum Gasteiger partial charge on any atom is 0.333 e. The monoisotopic (exact) mass is 245 g/mol. The molecule has 94 valence electrons. The molecular weight excluding hydrogens is 230 g/mol. The highest BCUT2D eigenvalue weighted by atomic mass is 16.5. The molecule has 1 atom stereocenters. The van der Waals surface area contributed by atoms with Crippen molar-refractivity contribution in [2.45, 2.75) is 32.0 Å². The number of ether oxygens (including phenoxy) is 1. The molecule has 1 unspecified atom stereocenters. The fourth-order valence-electron chi connectivity index (χ4n) is 2.71. The number of carboxylic acids is 1. The van der Waals surface area contributed by atoms with Crippen LogP contribution in [0, 0.1) is 0 Å². The molecule has 2 aromatic rings. The van der Waals surface area contributed by atoms with Crippen molar-refractivity contribution in [3.8, 4) is 0 Å². The van der Waals surface area contributed by atoms with Gasteiger partial charge in [0.05, 0.1) is 5.69 Å². The molecule has 1 aliphatic rings. The van der Waals surface area contributed by atoms with Crippen molar-refractivity contribution in [2.24, 2.45) is 0 Å². The van der Waals surface area contributed by atoms with E-state index in [1.165, 1.54) is 0 Å². The second kappa shape index (κ2) is 3.59. The second-order valence-electron chi connectivity index (χ2n) is 5.18. The Labute approximate surface area is 105 Å². The number of H-pyrrole nitrogens is 1. The predicted molar refractivity (Wildman–Crippen MR) is 67.5 cm³/mol. The molecule has 0 bridgehead atoms. The van der Waals surface area contributed by atoms with Gasteiger partial charge in [-0.1, -0.05) is 18.2 Å². The number of fused-ring (bicyclic) bond motifs is 3. The lowest BCUT2D eigenvalue weighted by molar-refractivity contribution is -0.165. The molecule has 0 saturated carbocycles. The Kier molecular flexibility index (Phi) is 2.25. The Morgan fingerprint density at radius 1 is 1.44 bits per heavy atom. The smallest absolute Gasteiger partial charge is 0.333 e. The van der Waals surface area contributed by atoms with Gasteiger partial charge in [-0.15, -0.1) is 0 Å². The van der Waals surface area contributed by atoms with Crippen LogP contribution in [0.25, 0.3) is 10.9 Å². The van der Waals surface area contributed by atoms with E-state index >= 15 is 0 Å². The van der Waals surface area contributed by atoms with Crippen LogP contribution >= 0.6 is 0 Å². The van der Waals surface area contributed by atoms with Crippen LogP contribution in [0.15, 0.2) is 24.3 Å². The molecular formula is C14H15NO3. The summed E-state index contributed by atoms with van der Waals surface area (Å²) < 4.78 is 5.66. The second-order valence-corrected chi connectivity index (χ2v) is 5.18. The molecule has 1 aromatic carbocycles. The van der Waals surface area contributed by atoms with Gasteiger partial charge in [0, 0.05) is 17.3 Å². The van der Waals surface area contributed by atoms with E-state index in [9.17, 15) is 9.90 Å². The summed E-state index contributed by atoms with van der Waals surface area (Å²) in [7, 11) is 0. The van der Waals surface area contributed by atoms with Crippen LogP contribution in [0.4, 0.5) is 0 Å². The fraction of sp³-hybridized carbons (Fsp3) is 0.357. The van der Waals surface area contributed by atoms with Crippen LogP contribution in [0.3, 0.4) is 0 Å². The number of hydrogen-bond acceptors (Lipinski definition) is 2. The van der Waals surface area contributed by atoms with Gasteiger partial charge in [-0.3, -0.25) is 0 Å².